The van der Waals surface area contributed by atoms with Crippen molar-refractivity contribution in [1.29, 1.82) is 0 Å². The van der Waals surface area contributed by atoms with Crippen LogP contribution in [0.1, 0.15) is 5.56 Å². The third-order valence-electron chi connectivity index (χ3n) is 2.04. The van der Waals surface area contributed by atoms with E-state index < -0.39 is 0 Å². The molecule has 14 heavy (non-hydrogen) atoms. The number of hydrogen-bond donors (Lipinski definition) is 1. The summed E-state index contributed by atoms with van der Waals surface area (Å²) < 4.78 is 1.03. The first-order valence-electron chi connectivity index (χ1n) is 4.20. The molecule has 0 unspecified atom stereocenters. The van der Waals surface area contributed by atoms with Crippen LogP contribution in [0.5, 0.6) is 0 Å². The molecule has 0 bridgehead atoms. The molecule has 0 saturated carbocycles. The van der Waals surface area contributed by atoms with Crippen LogP contribution in [0.4, 0.5) is 0 Å². The Balaban J connectivity index is 2.66. The maximum Gasteiger partial charge on any atom is 0.142 e. The minimum Gasteiger partial charge on any atom is -0.361 e. The van der Waals surface area contributed by atoms with E-state index in [0.29, 0.717) is 0 Å². The molecule has 1 aromatic heterocycles. The molecule has 0 spiro atoms. The molecule has 2 aromatic rings. The average molecular weight is 250 g/mol. The van der Waals surface area contributed by atoms with Crippen LogP contribution in [-0.4, -0.2) is 11.3 Å². The third kappa shape index (κ3) is 1.51. The molecule has 0 fully saturated rings. The summed E-state index contributed by atoms with van der Waals surface area (Å²) in [5, 5.41) is 1.10. The average Bonchev–Trinajstić information content (AvgIpc) is 2.59. The van der Waals surface area contributed by atoms with Crippen LogP contribution in [0.2, 0.25) is 0 Å². The van der Waals surface area contributed by atoms with E-state index in [-0.39, 0.29) is 0 Å². The fourth-order valence-electron chi connectivity index (χ4n) is 1.44. The molecule has 0 aliphatic rings. The van der Waals surface area contributed by atoms with Crippen LogP contribution < -0.4 is 0 Å². The summed E-state index contributed by atoms with van der Waals surface area (Å²) in [5.74, 6) is 0. The van der Waals surface area contributed by atoms with Gasteiger partial charge in [-0.1, -0.05) is 22.0 Å². The molecule has 0 aliphatic carbocycles. The number of carbonyl (C=O) groups is 1. The van der Waals surface area contributed by atoms with Crippen LogP contribution in [0, 0.1) is 0 Å². The normalized spacial score (nSPS) is 11.2. The van der Waals surface area contributed by atoms with Crippen molar-refractivity contribution in [3.05, 3.63) is 40.5 Å². The van der Waals surface area contributed by atoms with E-state index in [4.69, 9.17) is 0 Å². The van der Waals surface area contributed by atoms with Gasteiger partial charge in [0, 0.05) is 27.1 Å². The highest BCUT2D eigenvalue weighted by Gasteiger charge is 2.03. The highest BCUT2D eigenvalue weighted by molar-refractivity contribution is 9.10. The number of allylic oxidation sites excluding steroid dienone is 1. The summed E-state index contributed by atoms with van der Waals surface area (Å²) in [7, 11) is 0. The van der Waals surface area contributed by atoms with Crippen molar-refractivity contribution in [2.24, 2.45) is 0 Å². The second-order valence-corrected chi connectivity index (χ2v) is 3.76. The number of nitrogens with one attached hydrogen (secondary N) is 1. The summed E-state index contributed by atoms with van der Waals surface area (Å²) in [6, 6.07) is 5.95. The Bertz CT molecular complexity index is 499. The molecule has 0 aliphatic heterocycles. The summed E-state index contributed by atoms with van der Waals surface area (Å²) in [6.45, 7) is 0. The molecule has 2 nitrogen and oxygen atoms in total. The zero-order valence-corrected chi connectivity index (χ0v) is 8.91. The van der Waals surface area contributed by atoms with Gasteiger partial charge < -0.3 is 4.98 Å². The SMILES string of the molecule is O=CC=Cc1c[nH]c2cccc(Br)c12. The van der Waals surface area contributed by atoms with Crippen LogP contribution in [0.25, 0.3) is 17.0 Å². The molecule has 0 saturated heterocycles. The quantitative estimate of drug-likeness (QED) is 0.644. The van der Waals surface area contributed by atoms with Crippen molar-refractivity contribution in [3.63, 3.8) is 0 Å². The van der Waals surface area contributed by atoms with E-state index in [9.17, 15) is 4.79 Å². The summed E-state index contributed by atoms with van der Waals surface area (Å²) in [6.07, 6.45) is 5.93. The third-order valence-corrected chi connectivity index (χ3v) is 2.70. The number of aromatic nitrogens is 1. The highest BCUT2D eigenvalue weighted by Crippen LogP contribution is 2.27. The Morgan fingerprint density at radius 1 is 1.36 bits per heavy atom. The Morgan fingerprint density at radius 2 is 2.21 bits per heavy atom. The van der Waals surface area contributed by atoms with Crippen LogP contribution >= 0.6 is 15.9 Å². The van der Waals surface area contributed by atoms with Gasteiger partial charge >= 0.3 is 0 Å². The molecule has 0 radical (unpaired) electrons. The Labute approximate surface area is 89.8 Å². The molecule has 1 N–H and O–H groups in total. The molecule has 1 heterocycles. The monoisotopic (exact) mass is 249 g/mol. The van der Waals surface area contributed by atoms with E-state index in [0.717, 1.165) is 27.2 Å². The number of carbonyl (C=O) groups excluding carboxylic acids is 1. The molecule has 1 aromatic carbocycles. The lowest BCUT2D eigenvalue weighted by molar-refractivity contribution is -0.104. The van der Waals surface area contributed by atoms with Crippen LogP contribution in [0.3, 0.4) is 0 Å². The zero-order valence-electron chi connectivity index (χ0n) is 7.33. The number of aldehydes is 1. The molecule has 3 heteroatoms. The van der Waals surface area contributed by atoms with Crippen molar-refractivity contribution in [3.8, 4) is 0 Å². The van der Waals surface area contributed by atoms with Crippen molar-refractivity contribution in [2.75, 3.05) is 0 Å². The fraction of sp³-hybridized carbons (Fsp3) is 0. The maximum absolute atomic E-state index is 10.2. The standard InChI is InChI=1S/C11H8BrNO/c12-9-4-1-5-10-11(9)8(7-13-10)3-2-6-14/h1-7,13H. The number of rotatable bonds is 2. The first-order valence-corrected chi connectivity index (χ1v) is 4.99. The second kappa shape index (κ2) is 3.80. The molecule has 0 atom stereocenters. The van der Waals surface area contributed by atoms with Gasteiger partial charge in [-0.25, -0.2) is 0 Å². The number of halogens is 1. The van der Waals surface area contributed by atoms with Gasteiger partial charge in [0.25, 0.3) is 0 Å². The summed E-state index contributed by atoms with van der Waals surface area (Å²) in [5.41, 5.74) is 2.07. The largest absolute Gasteiger partial charge is 0.361 e. The Hall–Kier alpha value is -1.35. The van der Waals surface area contributed by atoms with Gasteiger partial charge in [0.15, 0.2) is 0 Å². The molecule has 70 valence electrons. The van der Waals surface area contributed by atoms with Crippen molar-refractivity contribution in [1.82, 2.24) is 4.98 Å². The number of aromatic amines is 1. The van der Waals surface area contributed by atoms with Crippen molar-refractivity contribution in [2.45, 2.75) is 0 Å². The number of H-pyrrole nitrogens is 1. The minimum atomic E-state index is 0.773. The topological polar surface area (TPSA) is 32.9 Å². The molecule has 0 amide bonds. The summed E-state index contributed by atoms with van der Waals surface area (Å²) in [4.78, 5) is 13.4. The van der Waals surface area contributed by atoms with Gasteiger partial charge in [-0.2, -0.15) is 0 Å². The predicted octanol–water partition coefficient (Wildman–Crippen LogP) is 3.14. The lowest BCUT2D eigenvalue weighted by atomic mass is 10.1. The molecule has 2 rings (SSSR count). The smallest absolute Gasteiger partial charge is 0.142 e. The van der Waals surface area contributed by atoms with Gasteiger partial charge in [0.2, 0.25) is 0 Å². The van der Waals surface area contributed by atoms with Crippen molar-refractivity contribution >= 4 is 39.2 Å². The first-order chi connectivity index (χ1) is 6.83. The Kier molecular flexibility index (Phi) is 2.50. The Morgan fingerprint density at radius 3 is 3.00 bits per heavy atom. The highest BCUT2D eigenvalue weighted by atomic mass is 79.9. The lowest BCUT2D eigenvalue weighted by Crippen LogP contribution is -1.71. The van der Waals surface area contributed by atoms with Gasteiger partial charge in [-0.05, 0) is 24.3 Å². The number of benzene rings is 1. The maximum atomic E-state index is 10.2. The first kappa shape index (κ1) is 9.21. The minimum absolute atomic E-state index is 0.773. The van der Waals surface area contributed by atoms with E-state index in [1.807, 2.05) is 24.4 Å². The van der Waals surface area contributed by atoms with Gasteiger partial charge in [0.1, 0.15) is 6.29 Å². The van der Waals surface area contributed by atoms with Crippen LogP contribution in [0.15, 0.2) is 34.9 Å². The van der Waals surface area contributed by atoms with Gasteiger partial charge in [-0.3, -0.25) is 4.79 Å². The van der Waals surface area contributed by atoms with E-state index in [1.165, 1.54) is 6.08 Å². The zero-order chi connectivity index (χ0) is 9.97. The van der Waals surface area contributed by atoms with Crippen molar-refractivity contribution < 1.29 is 4.79 Å². The number of fused-ring (bicyclic) bond motifs is 1. The second-order valence-electron chi connectivity index (χ2n) is 2.90. The summed E-state index contributed by atoms with van der Waals surface area (Å²) >= 11 is 3.48. The fourth-order valence-corrected chi connectivity index (χ4v) is 2.03. The number of hydrogen-bond acceptors (Lipinski definition) is 1. The molecular weight excluding hydrogens is 242 g/mol. The van der Waals surface area contributed by atoms with E-state index >= 15 is 0 Å². The van der Waals surface area contributed by atoms with E-state index in [2.05, 4.69) is 20.9 Å². The van der Waals surface area contributed by atoms with Crippen LogP contribution in [-0.2, 0) is 4.79 Å². The predicted molar refractivity (Wildman–Crippen MR) is 61.1 cm³/mol. The van der Waals surface area contributed by atoms with Gasteiger partial charge in [-0.15, -0.1) is 0 Å². The molecular formula is C11H8BrNO. The lowest BCUT2D eigenvalue weighted by Gasteiger charge is -1.94. The van der Waals surface area contributed by atoms with E-state index in [1.54, 1.807) is 6.08 Å². The van der Waals surface area contributed by atoms with Gasteiger partial charge in [0.05, 0.1) is 0 Å².